The average molecular weight is 246 g/mol. The Kier molecular flexibility index (Phi) is 3.50. The Labute approximate surface area is 109 Å². The van der Waals surface area contributed by atoms with Crippen LogP contribution in [0.3, 0.4) is 0 Å². The van der Waals surface area contributed by atoms with E-state index >= 15 is 0 Å². The smallest absolute Gasteiger partial charge is 0.213 e. The predicted molar refractivity (Wildman–Crippen MR) is 71.6 cm³/mol. The minimum atomic E-state index is 0.400. The maximum absolute atomic E-state index is 5.94. The quantitative estimate of drug-likeness (QED) is 0.817. The average Bonchev–Trinajstić information content (AvgIpc) is 2.80. The normalized spacial score (nSPS) is 22.1. The van der Waals surface area contributed by atoms with Gasteiger partial charge in [0.05, 0.1) is 5.69 Å². The summed E-state index contributed by atoms with van der Waals surface area (Å²) < 4.78 is 5.94. The fourth-order valence-corrected chi connectivity index (χ4v) is 2.97. The molecule has 98 valence electrons. The molecule has 2 heterocycles. The van der Waals surface area contributed by atoms with Crippen LogP contribution in [0.2, 0.25) is 0 Å². The minimum Gasteiger partial charge on any atom is -0.474 e. The monoisotopic (exact) mass is 246 g/mol. The van der Waals surface area contributed by atoms with Gasteiger partial charge < -0.3 is 4.74 Å². The molecule has 0 bridgehead atoms. The number of aromatic nitrogens is 1. The minimum absolute atomic E-state index is 0.400. The zero-order valence-electron chi connectivity index (χ0n) is 11.1. The lowest BCUT2D eigenvalue weighted by Crippen LogP contribution is -2.44. The van der Waals surface area contributed by atoms with Gasteiger partial charge in [-0.3, -0.25) is 4.90 Å². The fraction of sp³-hybridized carbons (Fsp3) is 0.667. The predicted octanol–water partition coefficient (Wildman–Crippen LogP) is 2.85. The molecule has 1 saturated heterocycles. The van der Waals surface area contributed by atoms with Crippen molar-refractivity contribution in [3.8, 4) is 5.88 Å². The van der Waals surface area contributed by atoms with Gasteiger partial charge in [-0.15, -0.1) is 0 Å². The van der Waals surface area contributed by atoms with Crippen molar-refractivity contribution in [2.45, 2.75) is 45.3 Å². The van der Waals surface area contributed by atoms with Crippen LogP contribution in [0, 0.1) is 5.92 Å². The van der Waals surface area contributed by atoms with E-state index in [0.717, 1.165) is 24.0 Å². The van der Waals surface area contributed by atoms with E-state index in [1.54, 1.807) is 0 Å². The summed E-state index contributed by atoms with van der Waals surface area (Å²) in [6.45, 7) is 5.67. The molecule has 3 rings (SSSR count). The topological polar surface area (TPSA) is 25.4 Å². The molecular formula is C15H22N2O. The zero-order chi connectivity index (χ0) is 12.4. The van der Waals surface area contributed by atoms with Crippen LogP contribution in [-0.2, 0) is 6.54 Å². The molecule has 1 aromatic heterocycles. The Balaban J connectivity index is 1.58. The van der Waals surface area contributed by atoms with Crippen LogP contribution < -0.4 is 4.74 Å². The summed E-state index contributed by atoms with van der Waals surface area (Å²) >= 11 is 0. The standard InChI is InChI=1S/C15H22N2O/c1-12-9-17(10-12)11-13-5-4-8-15(16-13)18-14-6-2-3-7-14/h4-5,8,12,14H,2-3,6-7,9-11H2,1H3. The SMILES string of the molecule is CC1CN(Cc2cccc(OC3CCCC3)n2)C1. The van der Waals surface area contributed by atoms with Crippen LogP contribution in [0.15, 0.2) is 18.2 Å². The van der Waals surface area contributed by atoms with Gasteiger partial charge in [-0.2, -0.15) is 0 Å². The first-order valence-electron chi connectivity index (χ1n) is 7.14. The summed E-state index contributed by atoms with van der Waals surface area (Å²) in [6.07, 6.45) is 5.38. The van der Waals surface area contributed by atoms with Crippen molar-refractivity contribution in [1.29, 1.82) is 0 Å². The van der Waals surface area contributed by atoms with Crippen molar-refractivity contribution in [1.82, 2.24) is 9.88 Å². The molecule has 3 heteroatoms. The summed E-state index contributed by atoms with van der Waals surface area (Å²) in [4.78, 5) is 7.06. The first-order chi connectivity index (χ1) is 8.79. The number of likely N-dealkylation sites (tertiary alicyclic amines) is 1. The highest BCUT2D eigenvalue weighted by Crippen LogP contribution is 2.23. The first-order valence-corrected chi connectivity index (χ1v) is 7.14. The van der Waals surface area contributed by atoms with Gasteiger partial charge in [0.2, 0.25) is 5.88 Å². The van der Waals surface area contributed by atoms with Crippen LogP contribution >= 0.6 is 0 Å². The van der Waals surface area contributed by atoms with Crippen molar-refractivity contribution < 1.29 is 4.74 Å². The van der Waals surface area contributed by atoms with Gasteiger partial charge in [0.25, 0.3) is 0 Å². The van der Waals surface area contributed by atoms with Gasteiger partial charge in [0.15, 0.2) is 0 Å². The highest BCUT2D eigenvalue weighted by atomic mass is 16.5. The molecule has 0 atom stereocenters. The summed E-state index contributed by atoms with van der Waals surface area (Å²) in [5.41, 5.74) is 1.14. The molecule has 1 aliphatic heterocycles. The summed E-state index contributed by atoms with van der Waals surface area (Å²) in [5.74, 6) is 1.66. The lowest BCUT2D eigenvalue weighted by molar-refractivity contribution is 0.103. The zero-order valence-corrected chi connectivity index (χ0v) is 11.1. The van der Waals surface area contributed by atoms with E-state index in [9.17, 15) is 0 Å². The third-order valence-corrected chi connectivity index (χ3v) is 3.90. The number of hydrogen-bond acceptors (Lipinski definition) is 3. The number of nitrogens with zero attached hydrogens (tertiary/aromatic N) is 2. The molecule has 3 nitrogen and oxygen atoms in total. The molecule has 0 amide bonds. The maximum Gasteiger partial charge on any atom is 0.213 e. The second kappa shape index (κ2) is 5.27. The second-order valence-corrected chi connectivity index (χ2v) is 5.79. The highest BCUT2D eigenvalue weighted by molar-refractivity contribution is 5.16. The fourth-order valence-electron chi connectivity index (χ4n) is 2.97. The summed E-state index contributed by atoms with van der Waals surface area (Å²) in [7, 11) is 0. The van der Waals surface area contributed by atoms with Crippen molar-refractivity contribution in [3.63, 3.8) is 0 Å². The van der Waals surface area contributed by atoms with Crippen molar-refractivity contribution in [3.05, 3.63) is 23.9 Å². The number of rotatable bonds is 4. The Hall–Kier alpha value is -1.09. The Morgan fingerprint density at radius 1 is 1.28 bits per heavy atom. The van der Waals surface area contributed by atoms with E-state index in [2.05, 4.69) is 28.9 Å². The summed E-state index contributed by atoms with van der Waals surface area (Å²) in [5, 5.41) is 0. The number of pyridine rings is 1. The largest absolute Gasteiger partial charge is 0.474 e. The molecule has 0 aromatic carbocycles. The van der Waals surface area contributed by atoms with Gasteiger partial charge in [-0.05, 0) is 37.7 Å². The number of ether oxygens (including phenoxy) is 1. The van der Waals surface area contributed by atoms with Crippen molar-refractivity contribution in [2.75, 3.05) is 13.1 Å². The number of hydrogen-bond donors (Lipinski definition) is 0. The van der Waals surface area contributed by atoms with E-state index in [-0.39, 0.29) is 0 Å². The molecule has 0 spiro atoms. The molecule has 18 heavy (non-hydrogen) atoms. The highest BCUT2D eigenvalue weighted by Gasteiger charge is 2.23. The summed E-state index contributed by atoms with van der Waals surface area (Å²) in [6, 6.07) is 6.15. The Bertz CT molecular complexity index is 395. The molecule has 2 fully saturated rings. The van der Waals surface area contributed by atoms with Gasteiger partial charge in [-0.1, -0.05) is 13.0 Å². The molecule has 1 saturated carbocycles. The maximum atomic E-state index is 5.94. The molecule has 0 unspecified atom stereocenters. The van der Waals surface area contributed by atoms with Crippen molar-refractivity contribution in [2.24, 2.45) is 5.92 Å². The van der Waals surface area contributed by atoms with Gasteiger partial charge in [0, 0.05) is 25.7 Å². The third-order valence-electron chi connectivity index (χ3n) is 3.90. The van der Waals surface area contributed by atoms with Gasteiger partial charge in [0.1, 0.15) is 6.10 Å². The lowest BCUT2D eigenvalue weighted by Gasteiger charge is -2.36. The molecular weight excluding hydrogens is 224 g/mol. The van der Waals surface area contributed by atoms with Crippen molar-refractivity contribution >= 4 is 0 Å². The molecule has 0 N–H and O–H groups in total. The van der Waals surface area contributed by atoms with E-state index in [0.29, 0.717) is 6.10 Å². The molecule has 2 aliphatic rings. The Morgan fingerprint density at radius 3 is 2.78 bits per heavy atom. The lowest BCUT2D eigenvalue weighted by atomic mass is 10.0. The van der Waals surface area contributed by atoms with Crippen LogP contribution in [0.1, 0.15) is 38.3 Å². The van der Waals surface area contributed by atoms with E-state index in [4.69, 9.17) is 4.74 Å². The first kappa shape index (κ1) is 12.0. The molecule has 1 aromatic rings. The van der Waals surface area contributed by atoms with Crippen LogP contribution in [0.4, 0.5) is 0 Å². The van der Waals surface area contributed by atoms with E-state index < -0.39 is 0 Å². The third kappa shape index (κ3) is 2.83. The molecule has 1 aliphatic carbocycles. The van der Waals surface area contributed by atoms with E-state index in [1.165, 1.54) is 38.8 Å². The van der Waals surface area contributed by atoms with Crippen LogP contribution in [0.5, 0.6) is 5.88 Å². The Morgan fingerprint density at radius 2 is 2.06 bits per heavy atom. The van der Waals surface area contributed by atoms with Gasteiger partial charge in [-0.25, -0.2) is 4.98 Å². The van der Waals surface area contributed by atoms with Gasteiger partial charge >= 0.3 is 0 Å². The van der Waals surface area contributed by atoms with Crippen LogP contribution in [0.25, 0.3) is 0 Å². The molecule has 0 radical (unpaired) electrons. The second-order valence-electron chi connectivity index (χ2n) is 5.79. The van der Waals surface area contributed by atoms with Crippen LogP contribution in [-0.4, -0.2) is 29.1 Å². The van der Waals surface area contributed by atoms with E-state index in [1.807, 2.05) is 6.07 Å².